The highest BCUT2D eigenvalue weighted by atomic mass is 32.1. The zero-order chi connectivity index (χ0) is 25.2. The van der Waals surface area contributed by atoms with Crippen LogP contribution in [0.4, 0.5) is 22.0 Å². The number of carbonyl (C=O) groups is 1. The normalized spacial score (nSPS) is 11.5. The van der Waals surface area contributed by atoms with Crippen molar-refractivity contribution in [3.63, 3.8) is 0 Å². The lowest BCUT2D eigenvalue weighted by molar-refractivity contribution is -0.137. The number of alkyl halides is 3. The lowest BCUT2D eigenvalue weighted by atomic mass is 9.99. The van der Waals surface area contributed by atoms with Crippen LogP contribution >= 0.6 is 11.5 Å². The fourth-order valence-corrected chi connectivity index (χ4v) is 4.18. The number of rotatable bonds is 8. The van der Waals surface area contributed by atoms with E-state index >= 15 is 0 Å². The Morgan fingerprint density at radius 1 is 1.12 bits per heavy atom. The zero-order valence-electron chi connectivity index (χ0n) is 18.3. The van der Waals surface area contributed by atoms with Crippen LogP contribution in [0, 0.1) is 25.5 Å². The maximum absolute atomic E-state index is 14.6. The fourth-order valence-electron chi connectivity index (χ4n) is 3.43. The second kappa shape index (κ2) is 9.96. The van der Waals surface area contributed by atoms with Crippen LogP contribution in [0.25, 0.3) is 11.3 Å². The first-order valence-corrected chi connectivity index (χ1v) is 10.7. The molecule has 0 spiro atoms. The third-order valence-electron chi connectivity index (χ3n) is 5.36. The van der Waals surface area contributed by atoms with Crippen molar-refractivity contribution < 1.29 is 41.3 Å². The Labute approximate surface area is 195 Å². The highest BCUT2D eigenvalue weighted by Crippen LogP contribution is 2.42. The van der Waals surface area contributed by atoms with Gasteiger partial charge < -0.3 is 14.6 Å². The number of aromatic nitrogens is 1. The summed E-state index contributed by atoms with van der Waals surface area (Å²) in [5.74, 6) is -3.05. The summed E-state index contributed by atoms with van der Waals surface area (Å²) in [5.41, 5.74) is 0.426. The van der Waals surface area contributed by atoms with E-state index < -0.39 is 52.1 Å². The highest BCUT2D eigenvalue weighted by Gasteiger charge is 2.39. The molecule has 3 rings (SSSR count). The average molecular weight is 501 g/mol. The lowest BCUT2D eigenvalue weighted by Gasteiger charge is -2.16. The third-order valence-corrected chi connectivity index (χ3v) is 6.30. The number of methoxy groups -OCH3 is 1. The van der Waals surface area contributed by atoms with Crippen LogP contribution in [0.5, 0.6) is 11.5 Å². The van der Waals surface area contributed by atoms with Crippen LogP contribution in [-0.2, 0) is 24.0 Å². The first-order chi connectivity index (χ1) is 15.9. The number of halogens is 5. The van der Waals surface area contributed by atoms with E-state index in [2.05, 4.69) is 4.37 Å². The molecule has 0 fully saturated rings. The molecule has 0 unspecified atom stereocenters. The molecule has 0 saturated carbocycles. The largest absolute Gasteiger partial charge is 0.497 e. The molecule has 5 nitrogen and oxygen atoms in total. The molecule has 0 bridgehead atoms. The molecule has 34 heavy (non-hydrogen) atoms. The molecule has 0 radical (unpaired) electrons. The summed E-state index contributed by atoms with van der Waals surface area (Å²) in [6.07, 6.45) is -4.59. The van der Waals surface area contributed by atoms with E-state index in [9.17, 15) is 26.7 Å². The van der Waals surface area contributed by atoms with Gasteiger partial charge in [-0.15, -0.1) is 0 Å². The fraction of sp³-hybridized carbons (Fsp3) is 0.304. The van der Waals surface area contributed by atoms with Gasteiger partial charge in [-0.25, -0.2) is 8.78 Å². The summed E-state index contributed by atoms with van der Waals surface area (Å²) in [6, 6.07) is 4.89. The van der Waals surface area contributed by atoms with Gasteiger partial charge in [0.1, 0.15) is 34.6 Å². The van der Waals surface area contributed by atoms with Crippen molar-refractivity contribution in [3.05, 3.63) is 63.0 Å². The number of hydrogen-bond acceptors (Lipinski definition) is 5. The monoisotopic (exact) mass is 501 g/mol. The van der Waals surface area contributed by atoms with Gasteiger partial charge >= 0.3 is 12.1 Å². The molecular formula is C23H20F5NO4S. The molecular weight excluding hydrogens is 481 g/mol. The molecule has 0 amide bonds. The van der Waals surface area contributed by atoms with Crippen molar-refractivity contribution in [1.29, 1.82) is 0 Å². The Morgan fingerprint density at radius 2 is 1.76 bits per heavy atom. The van der Waals surface area contributed by atoms with Gasteiger partial charge in [-0.1, -0.05) is 6.07 Å². The van der Waals surface area contributed by atoms with E-state index in [1.807, 2.05) is 0 Å². The number of aliphatic carboxylic acids is 1. The third kappa shape index (κ3) is 5.30. The summed E-state index contributed by atoms with van der Waals surface area (Å²) >= 11 is 0.0843. The topological polar surface area (TPSA) is 68.7 Å². The van der Waals surface area contributed by atoms with Crippen molar-refractivity contribution in [1.82, 2.24) is 4.37 Å². The number of hydrogen-bond donors (Lipinski definition) is 1. The SMILES string of the molecule is COc1cc(F)c(-c2nsc(C(F)(F)F)c2COc2ccc(CCC(=O)O)c(C)c2C)c(F)c1. The predicted molar refractivity (Wildman–Crippen MR) is 115 cm³/mol. The van der Waals surface area contributed by atoms with E-state index in [4.69, 9.17) is 14.6 Å². The molecule has 182 valence electrons. The van der Waals surface area contributed by atoms with Gasteiger partial charge in [-0.05, 0) is 54.6 Å². The Bertz CT molecular complexity index is 1200. The van der Waals surface area contributed by atoms with Crippen molar-refractivity contribution >= 4 is 17.5 Å². The van der Waals surface area contributed by atoms with E-state index in [-0.39, 0.29) is 35.9 Å². The number of nitrogens with zero attached hydrogens (tertiary/aromatic N) is 1. The summed E-state index contributed by atoms with van der Waals surface area (Å²) in [6.45, 7) is 2.80. The van der Waals surface area contributed by atoms with Crippen LogP contribution < -0.4 is 9.47 Å². The second-order valence-electron chi connectivity index (χ2n) is 7.46. The van der Waals surface area contributed by atoms with Gasteiger partial charge in [-0.2, -0.15) is 17.5 Å². The standard InChI is InChI=1S/C23H20F5NO4S/c1-11-12(2)18(6-4-13(11)5-7-19(30)31)33-10-15-21(29-34-22(15)23(26,27)28)20-16(24)8-14(32-3)9-17(20)25/h4,6,8-9H,5,7,10H2,1-3H3,(H,30,31). The first kappa shape index (κ1) is 25.4. The van der Waals surface area contributed by atoms with E-state index in [0.717, 1.165) is 23.3 Å². The van der Waals surface area contributed by atoms with Crippen LogP contribution in [0.1, 0.15) is 33.6 Å². The quantitative estimate of drug-likeness (QED) is 0.366. The van der Waals surface area contributed by atoms with Crippen LogP contribution in [0.3, 0.4) is 0 Å². The van der Waals surface area contributed by atoms with Crippen LogP contribution in [0.15, 0.2) is 24.3 Å². The Morgan fingerprint density at radius 3 is 2.32 bits per heavy atom. The second-order valence-corrected chi connectivity index (χ2v) is 8.23. The zero-order valence-corrected chi connectivity index (χ0v) is 19.2. The minimum atomic E-state index is -4.81. The summed E-state index contributed by atoms with van der Waals surface area (Å²) in [7, 11) is 1.20. The summed E-state index contributed by atoms with van der Waals surface area (Å²) in [5, 5.41) is 8.88. The van der Waals surface area contributed by atoms with E-state index in [1.165, 1.54) is 13.2 Å². The van der Waals surface area contributed by atoms with Gasteiger partial charge in [0.25, 0.3) is 0 Å². The summed E-state index contributed by atoms with van der Waals surface area (Å²) in [4.78, 5) is 9.71. The molecule has 1 aromatic heterocycles. The molecule has 0 saturated heterocycles. The predicted octanol–water partition coefficient (Wildman–Crippen LogP) is 6.33. The van der Waals surface area contributed by atoms with Gasteiger partial charge in [0.2, 0.25) is 0 Å². The molecule has 0 aliphatic heterocycles. The van der Waals surface area contributed by atoms with Gasteiger partial charge in [-0.3, -0.25) is 4.79 Å². The molecule has 0 aliphatic rings. The minimum absolute atomic E-state index is 0.0711. The van der Waals surface area contributed by atoms with Crippen molar-refractivity contribution in [2.24, 2.45) is 0 Å². The average Bonchev–Trinajstić information content (AvgIpc) is 3.17. The number of ether oxygens (including phenoxy) is 2. The molecule has 0 aliphatic carbocycles. The Hall–Kier alpha value is -3.21. The number of aryl methyl sites for hydroxylation is 1. The summed E-state index contributed by atoms with van der Waals surface area (Å²) < 4.78 is 84.2. The van der Waals surface area contributed by atoms with Crippen molar-refractivity contribution in [2.45, 2.75) is 39.5 Å². The van der Waals surface area contributed by atoms with Gasteiger partial charge in [0.15, 0.2) is 0 Å². The maximum Gasteiger partial charge on any atom is 0.427 e. The first-order valence-electron chi connectivity index (χ1n) is 9.96. The Kier molecular flexibility index (Phi) is 7.44. The van der Waals surface area contributed by atoms with Crippen molar-refractivity contribution in [3.8, 4) is 22.8 Å². The molecule has 1 heterocycles. The number of benzene rings is 2. The molecule has 2 aromatic carbocycles. The van der Waals surface area contributed by atoms with Crippen LogP contribution in [0.2, 0.25) is 0 Å². The molecule has 3 aromatic rings. The van der Waals surface area contributed by atoms with Gasteiger partial charge in [0, 0.05) is 24.1 Å². The lowest BCUT2D eigenvalue weighted by Crippen LogP contribution is -2.10. The smallest absolute Gasteiger partial charge is 0.427 e. The molecule has 1 N–H and O–H groups in total. The van der Waals surface area contributed by atoms with E-state index in [1.54, 1.807) is 19.9 Å². The van der Waals surface area contributed by atoms with Crippen LogP contribution in [-0.4, -0.2) is 22.6 Å². The molecule has 0 atom stereocenters. The number of carboxylic acid groups (broad SMARTS) is 1. The number of carboxylic acids is 1. The minimum Gasteiger partial charge on any atom is -0.497 e. The maximum atomic E-state index is 14.6. The Balaban J connectivity index is 1.99. The van der Waals surface area contributed by atoms with Gasteiger partial charge in [0.05, 0.1) is 18.4 Å². The molecule has 11 heteroatoms. The van der Waals surface area contributed by atoms with E-state index in [0.29, 0.717) is 5.56 Å². The highest BCUT2D eigenvalue weighted by molar-refractivity contribution is 7.06. The van der Waals surface area contributed by atoms with Crippen molar-refractivity contribution in [2.75, 3.05) is 7.11 Å².